The maximum atomic E-state index is 12.0. The summed E-state index contributed by atoms with van der Waals surface area (Å²) in [5.41, 5.74) is 3.46. The number of rotatable bonds is 5. The molecule has 118 valence electrons. The van der Waals surface area contributed by atoms with E-state index in [0.29, 0.717) is 12.2 Å². The minimum absolute atomic E-state index is 0.0496. The van der Waals surface area contributed by atoms with Gasteiger partial charge in [0.1, 0.15) is 5.75 Å². The molecule has 0 saturated heterocycles. The first-order chi connectivity index (χ1) is 10.5. The van der Waals surface area contributed by atoms with E-state index in [2.05, 4.69) is 20.4 Å². The Balaban J connectivity index is 2.58. The van der Waals surface area contributed by atoms with Gasteiger partial charge in [-0.05, 0) is 43.9 Å². The molecule has 1 unspecified atom stereocenters. The zero-order valence-electron chi connectivity index (χ0n) is 13.6. The van der Waals surface area contributed by atoms with E-state index in [-0.39, 0.29) is 11.9 Å². The van der Waals surface area contributed by atoms with Gasteiger partial charge >= 0.3 is 0 Å². The third-order valence-electron chi connectivity index (χ3n) is 4.06. The highest BCUT2D eigenvalue weighted by Crippen LogP contribution is 2.40. The summed E-state index contributed by atoms with van der Waals surface area (Å²) in [6.45, 7) is 10.3. The van der Waals surface area contributed by atoms with E-state index in [1.54, 1.807) is 6.92 Å². The van der Waals surface area contributed by atoms with Crippen LogP contribution in [0.4, 0.5) is 5.69 Å². The van der Waals surface area contributed by atoms with Crippen LogP contribution in [0.15, 0.2) is 18.7 Å². The quantitative estimate of drug-likeness (QED) is 0.840. The van der Waals surface area contributed by atoms with Crippen LogP contribution >= 0.6 is 0 Å². The van der Waals surface area contributed by atoms with Gasteiger partial charge in [0.15, 0.2) is 0 Å². The first-order valence-corrected chi connectivity index (χ1v) is 7.79. The van der Waals surface area contributed by atoms with Crippen LogP contribution in [0.3, 0.4) is 0 Å². The standard InChI is InChI=1S/C18H24N2O2/c1-5-10-22-18-15(12(2)11-19)8-9-17-16(18)7-6-13(3)20(17)14(4)21/h8-9,11,13,19H,2,5-7,10H2,1,3-4H3. The van der Waals surface area contributed by atoms with Gasteiger partial charge < -0.3 is 15.0 Å². The number of nitrogens with zero attached hydrogens (tertiary/aromatic N) is 1. The predicted molar refractivity (Wildman–Crippen MR) is 91.0 cm³/mol. The van der Waals surface area contributed by atoms with E-state index in [0.717, 1.165) is 41.8 Å². The average molecular weight is 300 g/mol. The minimum atomic E-state index is 0.0496. The Hall–Kier alpha value is -2.10. The van der Waals surface area contributed by atoms with Gasteiger partial charge in [0.05, 0.1) is 12.3 Å². The molecule has 1 aliphatic rings. The minimum Gasteiger partial charge on any atom is -0.493 e. The molecule has 0 fully saturated rings. The molecule has 0 radical (unpaired) electrons. The number of anilines is 1. The molecule has 1 heterocycles. The van der Waals surface area contributed by atoms with Crippen molar-refractivity contribution < 1.29 is 9.53 Å². The van der Waals surface area contributed by atoms with Crippen molar-refractivity contribution in [2.24, 2.45) is 0 Å². The number of carbonyl (C=O) groups is 1. The molecule has 2 rings (SSSR count). The number of hydrogen-bond donors (Lipinski definition) is 1. The Morgan fingerprint density at radius 3 is 2.86 bits per heavy atom. The van der Waals surface area contributed by atoms with Crippen LogP contribution < -0.4 is 9.64 Å². The fourth-order valence-corrected chi connectivity index (χ4v) is 2.98. The summed E-state index contributed by atoms with van der Waals surface area (Å²) in [5.74, 6) is 0.833. The lowest BCUT2D eigenvalue weighted by molar-refractivity contribution is -0.117. The lowest BCUT2D eigenvalue weighted by atomic mass is 9.92. The van der Waals surface area contributed by atoms with Crippen LogP contribution in [0.25, 0.3) is 5.57 Å². The Labute approximate surface area is 132 Å². The van der Waals surface area contributed by atoms with Gasteiger partial charge in [-0.1, -0.05) is 13.5 Å². The highest BCUT2D eigenvalue weighted by molar-refractivity contribution is 6.09. The number of nitrogens with one attached hydrogen (secondary N) is 1. The Morgan fingerprint density at radius 2 is 2.27 bits per heavy atom. The van der Waals surface area contributed by atoms with Crippen LogP contribution in [-0.4, -0.2) is 24.8 Å². The zero-order chi connectivity index (χ0) is 16.3. The topological polar surface area (TPSA) is 53.4 Å². The second kappa shape index (κ2) is 6.77. The number of carbonyl (C=O) groups excluding carboxylic acids is 1. The van der Waals surface area contributed by atoms with E-state index in [1.807, 2.05) is 17.0 Å². The van der Waals surface area contributed by atoms with Crippen molar-refractivity contribution in [2.45, 2.75) is 46.1 Å². The van der Waals surface area contributed by atoms with Crippen molar-refractivity contribution in [3.63, 3.8) is 0 Å². The lowest BCUT2D eigenvalue weighted by Crippen LogP contribution is -2.40. The van der Waals surface area contributed by atoms with Crippen LogP contribution in [-0.2, 0) is 11.2 Å². The van der Waals surface area contributed by atoms with E-state index in [1.165, 1.54) is 6.21 Å². The number of amides is 1. The van der Waals surface area contributed by atoms with Gasteiger partial charge in [0, 0.05) is 30.3 Å². The Kier molecular flexibility index (Phi) is 5.01. The SMILES string of the molecule is C=C(C=N)c1ccc2c(c1OCCC)CCC(C)N2C(C)=O. The molecular formula is C18H24N2O2. The number of hydrogen-bond acceptors (Lipinski definition) is 3. The fraction of sp³-hybridized carbons (Fsp3) is 0.444. The first-order valence-electron chi connectivity index (χ1n) is 7.79. The van der Waals surface area contributed by atoms with Crippen molar-refractivity contribution in [1.82, 2.24) is 0 Å². The monoisotopic (exact) mass is 300 g/mol. The van der Waals surface area contributed by atoms with E-state index < -0.39 is 0 Å². The summed E-state index contributed by atoms with van der Waals surface area (Å²) in [6, 6.07) is 4.06. The summed E-state index contributed by atoms with van der Waals surface area (Å²) < 4.78 is 5.97. The summed E-state index contributed by atoms with van der Waals surface area (Å²) in [5, 5.41) is 7.46. The van der Waals surface area contributed by atoms with Crippen molar-refractivity contribution >= 4 is 23.4 Å². The molecular weight excluding hydrogens is 276 g/mol. The van der Waals surface area contributed by atoms with E-state index in [4.69, 9.17) is 10.1 Å². The largest absolute Gasteiger partial charge is 0.493 e. The van der Waals surface area contributed by atoms with Crippen molar-refractivity contribution in [1.29, 1.82) is 5.41 Å². The molecule has 0 aliphatic carbocycles. The summed E-state index contributed by atoms with van der Waals surface area (Å²) in [4.78, 5) is 13.8. The molecule has 1 N–H and O–H groups in total. The second-order valence-electron chi connectivity index (χ2n) is 5.73. The van der Waals surface area contributed by atoms with E-state index in [9.17, 15) is 4.79 Å². The molecule has 1 atom stereocenters. The normalized spacial score (nSPS) is 16.9. The Morgan fingerprint density at radius 1 is 1.55 bits per heavy atom. The van der Waals surface area contributed by atoms with Gasteiger partial charge in [-0.25, -0.2) is 0 Å². The molecule has 0 saturated carbocycles. The lowest BCUT2D eigenvalue weighted by Gasteiger charge is -2.36. The molecule has 4 nitrogen and oxygen atoms in total. The maximum Gasteiger partial charge on any atom is 0.224 e. The third-order valence-corrected chi connectivity index (χ3v) is 4.06. The fourth-order valence-electron chi connectivity index (χ4n) is 2.98. The van der Waals surface area contributed by atoms with Gasteiger partial charge in [-0.2, -0.15) is 0 Å². The summed E-state index contributed by atoms with van der Waals surface area (Å²) >= 11 is 0. The molecule has 4 heteroatoms. The Bertz CT molecular complexity index is 607. The maximum absolute atomic E-state index is 12.0. The zero-order valence-corrected chi connectivity index (χ0v) is 13.6. The van der Waals surface area contributed by atoms with Crippen molar-refractivity contribution in [2.75, 3.05) is 11.5 Å². The summed E-state index contributed by atoms with van der Waals surface area (Å²) in [7, 11) is 0. The molecule has 0 aromatic heterocycles. The smallest absolute Gasteiger partial charge is 0.224 e. The highest BCUT2D eigenvalue weighted by Gasteiger charge is 2.29. The van der Waals surface area contributed by atoms with Gasteiger partial charge in [0.2, 0.25) is 5.91 Å². The number of ether oxygens (including phenoxy) is 1. The van der Waals surface area contributed by atoms with E-state index >= 15 is 0 Å². The van der Waals surface area contributed by atoms with Crippen molar-refractivity contribution in [3.05, 3.63) is 29.8 Å². The van der Waals surface area contributed by atoms with Crippen LogP contribution in [0.5, 0.6) is 5.75 Å². The van der Waals surface area contributed by atoms with Crippen molar-refractivity contribution in [3.8, 4) is 5.75 Å². The highest BCUT2D eigenvalue weighted by atomic mass is 16.5. The van der Waals surface area contributed by atoms with Crippen LogP contribution in [0, 0.1) is 5.41 Å². The predicted octanol–water partition coefficient (Wildman–Crippen LogP) is 3.83. The third kappa shape index (κ3) is 2.91. The molecule has 22 heavy (non-hydrogen) atoms. The molecule has 1 aliphatic heterocycles. The van der Waals surface area contributed by atoms with Crippen LogP contribution in [0.1, 0.15) is 44.7 Å². The van der Waals surface area contributed by atoms with Gasteiger partial charge in [0.25, 0.3) is 0 Å². The number of benzene rings is 1. The van der Waals surface area contributed by atoms with Gasteiger partial charge in [-0.3, -0.25) is 4.79 Å². The molecule has 1 aromatic rings. The van der Waals surface area contributed by atoms with Crippen LogP contribution in [0.2, 0.25) is 0 Å². The average Bonchev–Trinajstić information content (AvgIpc) is 2.50. The second-order valence-corrected chi connectivity index (χ2v) is 5.73. The molecule has 1 amide bonds. The number of fused-ring (bicyclic) bond motifs is 1. The molecule has 0 spiro atoms. The first kappa shape index (κ1) is 16.3. The molecule has 0 bridgehead atoms. The molecule has 1 aromatic carbocycles. The summed E-state index contributed by atoms with van der Waals surface area (Å²) in [6.07, 6.45) is 3.94. The number of allylic oxidation sites excluding steroid dienone is 1. The van der Waals surface area contributed by atoms with Gasteiger partial charge in [-0.15, -0.1) is 0 Å².